The van der Waals surface area contributed by atoms with E-state index in [1.807, 2.05) is 0 Å². The minimum absolute atomic E-state index is 0.0525. The molecule has 0 bridgehead atoms. The molecule has 1 aliphatic rings. The SMILES string of the molecule is C=CC[C@@H]1COS(=O)O1. The zero-order valence-electron chi connectivity index (χ0n) is 4.91. The first-order valence-electron chi connectivity index (χ1n) is 2.66. The largest absolute Gasteiger partial charge is 0.305 e. The predicted octanol–water partition coefficient (Wildman–Crippen LogP) is 0.557. The highest BCUT2D eigenvalue weighted by Gasteiger charge is 2.21. The van der Waals surface area contributed by atoms with E-state index in [1.165, 1.54) is 0 Å². The van der Waals surface area contributed by atoms with Gasteiger partial charge in [-0.1, -0.05) is 6.08 Å². The topological polar surface area (TPSA) is 35.5 Å². The summed E-state index contributed by atoms with van der Waals surface area (Å²) in [6.45, 7) is 3.93. The summed E-state index contributed by atoms with van der Waals surface area (Å²) < 4.78 is 19.8. The average molecular weight is 148 g/mol. The van der Waals surface area contributed by atoms with Gasteiger partial charge >= 0.3 is 11.4 Å². The molecule has 0 aliphatic carbocycles. The first-order chi connectivity index (χ1) is 4.33. The van der Waals surface area contributed by atoms with Crippen LogP contribution in [0.2, 0.25) is 0 Å². The van der Waals surface area contributed by atoms with Crippen LogP contribution in [0, 0.1) is 0 Å². The Bertz CT molecular complexity index is 134. The van der Waals surface area contributed by atoms with Gasteiger partial charge in [0.1, 0.15) is 6.10 Å². The fourth-order valence-electron chi connectivity index (χ4n) is 0.591. The Labute approximate surface area is 56.5 Å². The van der Waals surface area contributed by atoms with Gasteiger partial charge in [0.05, 0.1) is 6.61 Å². The van der Waals surface area contributed by atoms with Crippen molar-refractivity contribution in [2.75, 3.05) is 6.61 Å². The molecule has 1 fully saturated rings. The van der Waals surface area contributed by atoms with Gasteiger partial charge in [-0.05, 0) is 6.42 Å². The number of rotatable bonds is 2. The molecule has 1 saturated heterocycles. The maximum Gasteiger partial charge on any atom is 0.305 e. The van der Waals surface area contributed by atoms with Crippen LogP contribution in [0.1, 0.15) is 6.42 Å². The molecule has 0 saturated carbocycles. The zero-order valence-corrected chi connectivity index (χ0v) is 5.73. The van der Waals surface area contributed by atoms with Gasteiger partial charge in [-0.25, -0.2) is 0 Å². The van der Waals surface area contributed by atoms with Gasteiger partial charge in [0, 0.05) is 0 Å². The molecule has 0 aromatic heterocycles. The van der Waals surface area contributed by atoms with Crippen molar-refractivity contribution in [2.24, 2.45) is 0 Å². The third kappa shape index (κ3) is 1.89. The molecule has 0 N–H and O–H groups in total. The Balaban J connectivity index is 2.29. The van der Waals surface area contributed by atoms with Gasteiger partial charge in [-0.15, -0.1) is 6.58 Å². The number of hydrogen-bond donors (Lipinski definition) is 0. The molecular weight excluding hydrogens is 140 g/mol. The van der Waals surface area contributed by atoms with Crippen molar-refractivity contribution in [1.82, 2.24) is 0 Å². The quantitative estimate of drug-likeness (QED) is 0.537. The van der Waals surface area contributed by atoms with E-state index in [0.29, 0.717) is 13.0 Å². The minimum atomic E-state index is -1.50. The van der Waals surface area contributed by atoms with Crippen molar-refractivity contribution in [3.8, 4) is 0 Å². The summed E-state index contributed by atoms with van der Waals surface area (Å²) in [5.74, 6) is 0. The lowest BCUT2D eigenvalue weighted by atomic mass is 10.3. The fraction of sp³-hybridized carbons (Fsp3) is 0.600. The molecule has 1 rings (SSSR count). The van der Waals surface area contributed by atoms with Crippen LogP contribution >= 0.6 is 0 Å². The molecule has 52 valence electrons. The van der Waals surface area contributed by atoms with Gasteiger partial charge < -0.3 is 0 Å². The van der Waals surface area contributed by atoms with E-state index in [-0.39, 0.29) is 6.10 Å². The standard InChI is InChI=1S/C5H8O3S/c1-2-3-5-4-7-9(6)8-5/h2,5H,1,3-4H2/t5-,9?/m1/s1. The lowest BCUT2D eigenvalue weighted by molar-refractivity contribution is 0.243. The minimum Gasteiger partial charge on any atom is -0.266 e. The molecule has 1 unspecified atom stereocenters. The lowest BCUT2D eigenvalue weighted by Gasteiger charge is -1.97. The van der Waals surface area contributed by atoms with Crippen LogP contribution in [0.5, 0.6) is 0 Å². The maximum atomic E-state index is 10.4. The summed E-state index contributed by atoms with van der Waals surface area (Å²) in [6.07, 6.45) is 2.37. The molecule has 0 spiro atoms. The highest BCUT2D eigenvalue weighted by molar-refractivity contribution is 7.75. The van der Waals surface area contributed by atoms with Crippen molar-refractivity contribution in [2.45, 2.75) is 12.5 Å². The predicted molar refractivity (Wildman–Crippen MR) is 33.8 cm³/mol. The molecule has 0 aromatic carbocycles. The summed E-state index contributed by atoms with van der Waals surface area (Å²) >= 11 is -1.50. The molecule has 0 radical (unpaired) electrons. The molecule has 2 atom stereocenters. The van der Waals surface area contributed by atoms with E-state index in [9.17, 15) is 4.21 Å². The second-order valence-corrected chi connectivity index (χ2v) is 2.57. The first-order valence-corrected chi connectivity index (χ1v) is 3.66. The third-order valence-corrected chi connectivity index (χ3v) is 1.75. The summed E-state index contributed by atoms with van der Waals surface area (Å²) in [5, 5.41) is 0. The van der Waals surface area contributed by atoms with E-state index in [4.69, 9.17) is 4.18 Å². The van der Waals surface area contributed by atoms with Gasteiger partial charge in [0.15, 0.2) is 0 Å². The lowest BCUT2D eigenvalue weighted by Crippen LogP contribution is -2.06. The molecule has 0 aromatic rings. The highest BCUT2D eigenvalue weighted by Crippen LogP contribution is 2.11. The van der Waals surface area contributed by atoms with Crippen LogP contribution in [0.3, 0.4) is 0 Å². The molecule has 0 amide bonds. The summed E-state index contributed by atoms with van der Waals surface area (Å²) in [4.78, 5) is 0. The normalized spacial score (nSPS) is 34.7. The smallest absolute Gasteiger partial charge is 0.266 e. The van der Waals surface area contributed by atoms with Crippen LogP contribution in [0.25, 0.3) is 0 Å². The summed E-state index contributed by atoms with van der Waals surface area (Å²) in [7, 11) is 0. The van der Waals surface area contributed by atoms with E-state index in [2.05, 4.69) is 10.8 Å². The van der Waals surface area contributed by atoms with E-state index in [1.54, 1.807) is 6.08 Å². The van der Waals surface area contributed by atoms with Crippen molar-refractivity contribution in [1.29, 1.82) is 0 Å². The third-order valence-electron chi connectivity index (χ3n) is 0.994. The monoisotopic (exact) mass is 148 g/mol. The van der Waals surface area contributed by atoms with E-state index < -0.39 is 11.4 Å². The Morgan fingerprint density at radius 1 is 1.89 bits per heavy atom. The second-order valence-electron chi connectivity index (χ2n) is 1.73. The maximum absolute atomic E-state index is 10.4. The van der Waals surface area contributed by atoms with E-state index >= 15 is 0 Å². The Morgan fingerprint density at radius 3 is 3.11 bits per heavy atom. The van der Waals surface area contributed by atoms with E-state index in [0.717, 1.165) is 0 Å². The van der Waals surface area contributed by atoms with Crippen molar-refractivity contribution >= 4 is 11.4 Å². The van der Waals surface area contributed by atoms with Gasteiger partial charge in [0.25, 0.3) is 0 Å². The van der Waals surface area contributed by atoms with Crippen molar-refractivity contribution < 1.29 is 12.6 Å². The van der Waals surface area contributed by atoms with Crippen LogP contribution in [0.15, 0.2) is 12.7 Å². The molecule has 1 heterocycles. The van der Waals surface area contributed by atoms with Gasteiger partial charge in [0.2, 0.25) is 0 Å². The van der Waals surface area contributed by atoms with Crippen molar-refractivity contribution in [3.05, 3.63) is 12.7 Å². The number of hydrogen-bond acceptors (Lipinski definition) is 3. The molecule has 9 heavy (non-hydrogen) atoms. The Morgan fingerprint density at radius 2 is 2.67 bits per heavy atom. The average Bonchev–Trinajstić information content (AvgIpc) is 2.17. The molecule has 3 nitrogen and oxygen atoms in total. The van der Waals surface area contributed by atoms with Crippen LogP contribution in [0.4, 0.5) is 0 Å². The summed E-state index contributed by atoms with van der Waals surface area (Å²) in [6, 6.07) is 0. The zero-order chi connectivity index (χ0) is 6.69. The Kier molecular flexibility index (Phi) is 2.38. The Hall–Kier alpha value is -0.190. The van der Waals surface area contributed by atoms with Crippen molar-refractivity contribution in [3.63, 3.8) is 0 Å². The highest BCUT2D eigenvalue weighted by atomic mass is 32.2. The second kappa shape index (κ2) is 3.10. The van der Waals surface area contributed by atoms with Crippen LogP contribution < -0.4 is 0 Å². The molecule has 4 heteroatoms. The first kappa shape index (κ1) is 6.92. The molecule has 1 aliphatic heterocycles. The molecular formula is C5H8O3S. The van der Waals surface area contributed by atoms with Crippen LogP contribution in [-0.4, -0.2) is 16.9 Å². The fourth-order valence-corrected chi connectivity index (χ4v) is 1.27. The van der Waals surface area contributed by atoms with Gasteiger partial charge in [-0.2, -0.15) is 4.21 Å². The van der Waals surface area contributed by atoms with Gasteiger partial charge in [-0.3, -0.25) is 8.37 Å². The summed E-state index contributed by atoms with van der Waals surface area (Å²) in [5.41, 5.74) is 0. The van der Waals surface area contributed by atoms with Crippen LogP contribution in [-0.2, 0) is 19.7 Å².